The Balaban J connectivity index is 1.71. The van der Waals surface area contributed by atoms with Crippen LogP contribution in [0, 0.1) is 11.7 Å². The molecule has 0 bridgehead atoms. The summed E-state index contributed by atoms with van der Waals surface area (Å²) >= 11 is 0. The number of benzene rings is 1. The van der Waals surface area contributed by atoms with Gasteiger partial charge in [0.05, 0.1) is 5.70 Å². The van der Waals surface area contributed by atoms with Gasteiger partial charge in [0, 0.05) is 37.1 Å². The molecule has 0 spiro atoms. The minimum atomic E-state index is -0.230. The van der Waals surface area contributed by atoms with Crippen molar-refractivity contribution in [2.75, 3.05) is 13.6 Å². The second kappa shape index (κ2) is 8.74. The van der Waals surface area contributed by atoms with Crippen LogP contribution >= 0.6 is 0 Å². The Morgan fingerprint density at radius 1 is 1.03 bits per heavy atom. The van der Waals surface area contributed by atoms with Crippen molar-refractivity contribution in [3.63, 3.8) is 0 Å². The minimum Gasteiger partial charge on any atom is -0.371 e. The molecule has 4 nitrogen and oxygen atoms in total. The summed E-state index contributed by atoms with van der Waals surface area (Å²) in [5.74, 6) is 1.55. The smallest absolute Gasteiger partial charge is 0.127 e. The molecule has 0 radical (unpaired) electrons. The van der Waals surface area contributed by atoms with Crippen LogP contribution < -0.4 is 10.6 Å². The van der Waals surface area contributed by atoms with Crippen molar-refractivity contribution in [3.8, 4) is 0 Å². The third-order valence-electron chi connectivity index (χ3n) is 6.13. The number of halogens is 1. The lowest BCUT2D eigenvalue weighted by molar-refractivity contribution is 0.293. The average Bonchev–Trinajstić information content (AvgIpc) is 3.17. The van der Waals surface area contributed by atoms with Gasteiger partial charge in [-0.05, 0) is 59.5 Å². The zero-order chi connectivity index (χ0) is 21.1. The maximum Gasteiger partial charge on any atom is 0.127 e. The molecule has 30 heavy (non-hydrogen) atoms. The topological polar surface area (TPSA) is 40.2 Å². The minimum absolute atomic E-state index is 0.0161. The Bertz CT molecular complexity index is 972. The fourth-order valence-electron chi connectivity index (χ4n) is 4.16. The first kappa shape index (κ1) is 20.2. The highest BCUT2D eigenvalue weighted by Gasteiger charge is 2.35. The molecule has 1 aromatic carbocycles. The first-order chi connectivity index (χ1) is 14.6. The lowest BCUT2D eigenvalue weighted by atomic mass is 9.94. The van der Waals surface area contributed by atoms with Crippen LogP contribution in [0.25, 0.3) is 11.3 Å². The maximum absolute atomic E-state index is 13.5. The summed E-state index contributed by atoms with van der Waals surface area (Å²) in [6.45, 7) is 5.45. The van der Waals surface area contributed by atoms with Crippen molar-refractivity contribution < 1.29 is 4.39 Å². The Labute approximate surface area is 178 Å². The fraction of sp³-hybridized carbons (Fsp3) is 0.320. The number of hydrogen-bond donors (Lipinski definition) is 2. The second-order valence-electron chi connectivity index (χ2n) is 7.89. The van der Waals surface area contributed by atoms with Crippen LogP contribution in [0.3, 0.4) is 0 Å². The van der Waals surface area contributed by atoms with E-state index in [0.717, 1.165) is 34.8 Å². The van der Waals surface area contributed by atoms with Gasteiger partial charge < -0.3 is 15.5 Å². The molecular formula is C25H29FN4. The Hall–Kier alpha value is -3.08. The molecule has 156 valence electrons. The van der Waals surface area contributed by atoms with E-state index in [1.54, 1.807) is 0 Å². The summed E-state index contributed by atoms with van der Waals surface area (Å²) in [5.41, 5.74) is 5.42. The lowest BCUT2D eigenvalue weighted by Gasteiger charge is -2.35. The second-order valence-corrected chi connectivity index (χ2v) is 7.89. The summed E-state index contributed by atoms with van der Waals surface area (Å²) in [6.07, 6.45) is 10.3. The molecule has 1 unspecified atom stereocenters. The van der Waals surface area contributed by atoms with Crippen molar-refractivity contribution in [2.45, 2.75) is 32.9 Å². The molecule has 0 saturated heterocycles. The zero-order valence-corrected chi connectivity index (χ0v) is 17.8. The van der Waals surface area contributed by atoms with Gasteiger partial charge in [-0.2, -0.15) is 0 Å². The highest BCUT2D eigenvalue weighted by Crippen LogP contribution is 2.41. The number of fused-ring (bicyclic) bond motifs is 1. The molecule has 0 saturated carbocycles. The number of rotatable bonds is 7. The Kier molecular flexibility index (Phi) is 5.88. The normalized spacial score (nSPS) is 18.2. The molecule has 4 rings (SSSR count). The van der Waals surface area contributed by atoms with Crippen LogP contribution in [0.2, 0.25) is 0 Å². The molecule has 2 aromatic rings. The standard InChI is InChI=1S/C25H29FN4/c1-4-17(5-2)16-28-22-11-10-21-23(18-12-14-27-15-13-18)24(29-25(21)30(22)3)19-6-8-20(26)9-7-19/h6-15,17,25,28-29H,4-5,16H2,1-3H3. The number of nitrogens with one attached hydrogen (secondary N) is 2. The Morgan fingerprint density at radius 2 is 1.73 bits per heavy atom. The van der Waals surface area contributed by atoms with Crippen LogP contribution in [0.15, 0.2) is 72.3 Å². The maximum atomic E-state index is 13.5. The molecule has 5 heteroatoms. The third-order valence-corrected chi connectivity index (χ3v) is 6.13. The van der Waals surface area contributed by atoms with E-state index in [4.69, 9.17) is 0 Å². The summed E-state index contributed by atoms with van der Waals surface area (Å²) in [5, 5.41) is 7.31. The number of pyridine rings is 1. The van der Waals surface area contributed by atoms with E-state index in [1.165, 1.54) is 30.5 Å². The van der Waals surface area contributed by atoms with Gasteiger partial charge in [0.15, 0.2) is 0 Å². The predicted molar refractivity (Wildman–Crippen MR) is 120 cm³/mol. The van der Waals surface area contributed by atoms with Crippen LogP contribution in [0.5, 0.6) is 0 Å². The van der Waals surface area contributed by atoms with Gasteiger partial charge in [-0.15, -0.1) is 0 Å². The highest BCUT2D eigenvalue weighted by molar-refractivity contribution is 6.01. The van der Waals surface area contributed by atoms with Crippen molar-refractivity contribution in [2.24, 2.45) is 5.92 Å². The zero-order valence-electron chi connectivity index (χ0n) is 17.8. The molecule has 2 N–H and O–H groups in total. The van der Waals surface area contributed by atoms with Gasteiger partial charge in [0.2, 0.25) is 0 Å². The predicted octanol–water partition coefficient (Wildman–Crippen LogP) is 4.76. The van der Waals surface area contributed by atoms with Crippen molar-refractivity contribution in [1.82, 2.24) is 20.5 Å². The van der Waals surface area contributed by atoms with Crippen molar-refractivity contribution >= 4 is 11.3 Å². The SMILES string of the molecule is CCC(CC)CNC1=CC=C2C(c3ccncc3)=C(c3ccc(F)cc3)NC2N1C. The average molecular weight is 405 g/mol. The summed E-state index contributed by atoms with van der Waals surface area (Å²) < 4.78 is 13.5. The van der Waals surface area contributed by atoms with E-state index in [1.807, 2.05) is 36.7 Å². The molecule has 0 amide bonds. The fourth-order valence-corrected chi connectivity index (χ4v) is 4.16. The van der Waals surface area contributed by atoms with E-state index in [2.05, 4.69) is 53.6 Å². The highest BCUT2D eigenvalue weighted by atomic mass is 19.1. The van der Waals surface area contributed by atoms with E-state index in [-0.39, 0.29) is 12.0 Å². The number of allylic oxidation sites excluding steroid dienone is 2. The van der Waals surface area contributed by atoms with Gasteiger partial charge >= 0.3 is 0 Å². The summed E-state index contributed by atoms with van der Waals surface area (Å²) in [6, 6.07) is 10.7. The molecule has 1 atom stereocenters. The van der Waals surface area contributed by atoms with Crippen LogP contribution in [-0.4, -0.2) is 29.6 Å². The van der Waals surface area contributed by atoms with E-state index >= 15 is 0 Å². The first-order valence-electron chi connectivity index (χ1n) is 10.7. The molecule has 3 heterocycles. The van der Waals surface area contributed by atoms with Gasteiger partial charge in [-0.3, -0.25) is 4.98 Å². The van der Waals surface area contributed by atoms with Crippen molar-refractivity contribution in [3.05, 3.63) is 89.3 Å². The summed E-state index contributed by atoms with van der Waals surface area (Å²) in [7, 11) is 2.11. The molecular weight excluding hydrogens is 375 g/mol. The largest absolute Gasteiger partial charge is 0.371 e. The number of likely N-dealkylation sites (N-methyl/N-ethyl adjacent to an activating group) is 1. The molecule has 1 aromatic heterocycles. The number of hydrogen-bond acceptors (Lipinski definition) is 4. The monoisotopic (exact) mass is 404 g/mol. The van der Waals surface area contributed by atoms with E-state index in [0.29, 0.717) is 5.92 Å². The molecule has 0 aliphatic carbocycles. The van der Waals surface area contributed by atoms with E-state index in [9.17, 15) is 4.39 Å². The number of aromatic nitrogens is 1. The molecule has 2 aliphatic heterocycles. The molecule has 0 fully saturated rings. The quantitative estimate of drug-likeness (QED) is 0.698. The van der Waals surface area contributed by atoms with E-state index < -0.39 is 0 Å². The lowest BCUT2D eigenvalue weighted by Crippen LogP contribution is -2.45. The van der Waals surface area contributed by atoms with Gasteiger partial charge in [0.1, 0.15) is 17.8 Å². The number of nitrogens with zero attached hydrogens (tertiary/aromatic N) is 2. The third kappa shape index (κ3) is 3.84. The summed E-state index contributed by atoms with van der Waals surface area (Å²) in [4.78, 5) is 6.42. The van der Waals surface area contributed by atoms with Crippen molar-refractivity contribution in [1.29, 1.82) is 0 Å². The van der Waals surface area contributed by atoms with Crippen LogP contribution in [-0.2, 0) is 0 Å². The van der Waals surface area contributed by atoms with Gasteiger partial charge in [0.25, 0.3) is 0 Å². The first-order valence-corrected chi connectivity index (χ1v) is 10.7. The van der Waals surface area contributed by atoms with Crippen LogP contribution in [0.1, 0.15) is 37.8 Å². The Morgan fingerprint density at radius 3 is 2.40 bits per heavy atom. The van der Waals surface area contributed by atoms with Gasteiger partial charge in [-0.25, -0.2) is 4.39 Å². The van der Waals surface area contributed by atoms with Gasteiger partial charge in [-0.1, -0.05) is 32.8 Å². The molecule has 2 aliphatic rings. The van der Waals surface area contributed by atoms with Crippen LogP contribution in [0.4, 0.5) is 4.39 Å².